The Hall–Kier alpha value is -6.02. The molecule has 234 valence electrons. The van der Waals surface area contributed by atoms with Crippen LogP contribution in [0.4, 0.5) is 0 Å². The second kappa shape index (κ2) is 11.6. The van der Waals surface area contributed by atoms with Gasteiger partial charge in [0, 0.05) is 9.75 Å². The first-order valence-electron chi connectivity index (χ1n) is 17.3. The molecule has 1 heterocycles. The lowest BCUT2D eigenvalue weighted by atomic mass is 9.67. The highest BCUT2D eigenvalue weighted by molar-refractivity contribution is 7.18. The maximum absolute atomic E-state index is 2.46. The fraction of sp³-hybridized carbons (Fsp3) is 0.0204. The number of thiophene rings is 1. The van der Waals surface area contributed by atoms with Crippen LogP contribution in [0.2, 0.25) is 0 Å². The van der Waals surface area contributed by atoms with Crippen LogP contribution in [-0.4, -0.2) is 0 Å². The highest BCUT2D eigenvalue weighted by Crippen LogP contribution is 2.57. The van der Waals surface area contributed by atoms with Crippen LogP contribution in [0.5, 0.6) is 0 Å². The largest absolute Gasteiger partial charge is 0.135 e. The zero-order chi connectivity index (χ0) is 33.1. The summed E-state index contributed by atoms with van der Waals surface area (Å²) in [5, 5.41) is 5.16. The Morgan fingerprint density at radius 2 is 0.880 bits per heavy atom. The molecule has 1 aliphatic rings. The van der Waals surface area contributed by atoms with E-state index in [-0.39, 0.29) is 0 Å². The van der Waals surface area contributed by atoms with Crippen molar-refractivity contribution < 1.29 is 0 Å². The minimum absolute atomic E-state index is 0.393. The van der Waals surface area contributed by atoms with Crippen LogP contribution in [0.3, 0.4) is 0 Å². The molecule has 0 fully saturated rings. The molecule has 0 nitrogen and oxygen atoms in total. The summed E-state index contributed by atoms with van der Waals surface area (Å²) >= 11 is 1.86. The molecule has 1 heteroatoms. The summed E-state index contributed by atoms with van der Waals surface area (Å²) in [4.78, 5) is 2.55. The van der Waals surface area contributed by atoms with Gasteiger partial charge in [-0.15, -0.1) is 11.3 Å². The van der Waals surface area contributed by atoms with Gasteiger partial charge in [-0.3, -0.25) is 0 Å². The molecule has 0 bridgehead atoms. The Labute approximate surface area is 296 Å². The third kappa shape index (κ3) is 4.44. The van der Waals surface area contributed by atoms with Crippen molar-refractivity contribution >= 4 is 32.9 Å². The van der Waals surface area contributed by atoms with Crippen molar-refractivity contribution in [2.45, 2.75) is 5.41 Å². The maximum atomic E-state index is 2.46. The molecular formula is C49H32S. The Morgan fingerprint density at radius 3 is 1.66 bits per heavy atom. The predicted molar refractivity (Wildman–Crippen MR) is 213 cm³/mol. The summed E-state index contributed by atoms with van der Waals surface area (Å²) in [6.07, 6.45) is 0. The molecule has 0 amide bonds. The molecule has 50 heavy (non-hydrogen) atoms. The van der Waals surface area contributed by atoms with Crippen LogP contribution in [0.15, 0.2) is 194 Å². The number of rotatable bonds is 5. The van der Waals surface area contributed by atoms with Gasteiger partial charge < -0.3 is 0 Å². The lowest BCUT2D eigenvalue weighted by Crippen LogP contribution is -2.28. The van der Waals surface area contributed by atoms with Gasteiger partial charge in [-0.05, 0) is 101 Å². The van der Waals surface area contributed by atoms with E-state index in [1.165, 1.54) is 86.9 Å². The van der Waals surface area contributed by atoms with Gasteiger partial charge in [0.25, 0.3) is 0 Å². The van der Waals surface area contributed by atoms with Gasteiger partial charge in [0.1, 0.15) is 0 Å². The number of hydrogen-bond acceptors (Lipinski definition) is 1. The molecule has 0 radical (unpaired) electrons. The van der Waals surface area contributed by atoms with E-state index < -0.39 is 5.41 Å². The Kier molecular flexibility index (Phi) is 6.69. The Morgan fingerprint density at radius 1 is 0.320 bits per heavy atom. The second-order valence-corrected chi connectivity index (χ2v) is 14.3. The molecular weight excluding hydrogens is 621 g/mol. The Bertz CT molecular complexity index is 2640. The standard InChI is InChI=1S/C49H32S/c1-3-12-39(13-4-1)49(40-14-5-2-6-15-40)45-18-10-9-17-43(45)44-28-26-38(32-46(44)49)48-30-29-47(50-48)35-22-19-33(20-23-35)36-25-27-42-37(31-36)24-21-34-11-7-8-16-41(34)42/h1-32H. The fourth-order valence-electron chi connectivity index (χ4n) is 8.27. The van der Waals surface area contributed by atoms with Crippen LogP contribution in [-0.2, 0) is 5.41 Å². The smallest absolute Gasteiger partial charge is 0.0713 e. The van der Waals surface area contributed by atoms with Gasteiger partial charge in [0.15, 0.2) is 0 Å². The molecule has 0 spiro atoms. The van der Waals surface area contributed by atoms with Crippen molar-refractivity contribution in [3.8, 4) is 43.1 Å². The molecule has 9 aromatic rings. The quantitative estimate of drug-likeness (QED) is 0.162. The minimum Gasteiger partial charge on any atom is -0.135 e. The van der Waals surface area contributed by atoms with Crippen LogP contribution < -0.4 is 0 Å². The SMILES string of the molecule is c1ccc(C2(c3ccccc3)c3ccccc3-c3ccc(-c4ccc(-c5ccc(-c6ccc7c(ccc8ccccc87)c6)cc5)s4)cc32)cc1. The summed E-state index contributed by atoms with van der Waals surface area (Å²) in [6.45, 7) is 0. The average molecular weight is 653 g/mol. The average Bonchev–Trinajstić information content (AvgIpc) is 3.81. The van der Waals surface area contributed by atoms with Gasteiger partial charge in [0.05, 0.1) is 5.41 Å². The van der Waals surface area contributed by atoms with E-state index in [1.807, 2.05) is 11.3 Å². The summed E-state index contributed by atoms with van der Waals surface area (Å²) in [6, 6.07) is 71.7. The summed E-state index contributed by atoms with van der Waals surface area (Å²) in [5.74, 6) is 0. The number of benzene rings is 8. The van der Waals surface area contributed by atoms with Crippen LogP contribution in [0.25, 0.3) is 64.7 Å². The van der Waals surface area contributed by atoms with E-state index in [9.17, 15) is 0 Å². The molecule has 1 aromatic heterocycles. The second-order valence-electron chi connectivity index (χ2n) is 13.3. The first kappa shape index (κ1) is 28.9. The number of hydrogen-bond donors (Lipinski definition) is 0. The normalized spacial score (nSPS) is 13.0. The minimum atomic E-state index is -0.393. The van der Waals surface area contributed by atoms with Crippen molar-refractivity contribution in [2.75, 3.05) is 0 Å². The van der Waals surface area contributed by atoms with Crippen molar-refractivity contribution in [2.24, 2.45) is 0 Å². The van der Waals surface area contributed by atoms with Gasteiger partial charge in [-0.25, -0.2) is 0 Å². The topological polar surface area (TPSA) is 0 Å². The zero-order valence-electron chi connectivity index (χ0n) is 27.4. The lowest BCUT2D eigenvalue weighted by molar-refractivity contribution is 0.769. The van der Waals surface area contributed by atoms with Crippen LogP contribution in [0.1, 0.15) is 22.3 Å². The van der Waals surface area contributed by atoms with Gasteiger partial charge in [-0.1, -0.05) is 170 Å². The zero-order valence-corrected chi connectivity index (χ0v) is 28.2. The van der Waals surface area contributed by atoms with Crippen molar-refractivity contribution in [1.29, 1.82) is 0 Å². The van der Waals surface area contributed by atoms with E-state index in [2.05, 4.69) is 194 Å². The van der Waals surface area contributed by atoms with E-state index in [1.54, 1.807) is 0 Å². The highest BCUT2D eigenvalue weighted by Gasteiger charge is 2.46. The van der Waals surface area contributed by atoms with Gasteiger partial charge in [-0.2, -0.15) is 0 Å². The predicted octanol–water partition coefficient (Wildman–Crippen LogP) is 13.4. The number of fused-ring (bicyclic) bond motifs is 6. The van der Waals surface area contributed by atoms with E-state index >= 15 is 0 Å². The van der Waals surface area contributed by atoms with Crippen molar-refractivity contribution in [3.05, 3.63) is 216 Å². The van der Waals surface area contributed by atoms with Crippen molar-refractivity contribution in [3.63, 3.8) is 0 Å². The fourth-order valence-corrected chi connectivity index (χ4v) is 9.27. The summed E-state index contributed by atoms with van der Waals surface area (Å²) in [5.41, 5.74) is 12.5. The Balaban J connectivity index is 1.02. The van der Waals surface area contributed by atoms with Gasteiger partial charge >= 0.3 is 0 Å². The van der Waals surface area contributed by atoms with Crippen molar-refractivity contribution in [1.82, 2.24) is 0 Å². The highest BCUT2D eigenvalue weighted by atomic mass is 32.1. The molecule has 0 saturated carbocycles. The molecule has 8 aromatic carbocycles. The molecule has 0 unspecified atom stereocenters. The van der Waals surface area contributed by atoms with Crippen LogP contribution in [0, 0.1) is 0 Å². The molecule has 0 aliphatic heterocycles. The van der Waals surface area contributed by atoms with Gasteiger partial charge in [0.2, 0.25) is 0 Å². The molecule has 0 saturated heterocycles. The molecule has 0 N–H and O–H groups in total. The van der Waals surface area contributed by atoms with E-state index in [4.69, 9.17) is 0 Å². The monoisotopic (exact) mass is 652 g/mol. The summed E-state index contributed by atoms with van der Waals surface area (Å²) < 4.78 is 0. The van der Waals surface area contributed by atoms with Crippen LogP contribution >= 0.6 is 11.3 Å². The van der Waals surface area contributed by atoms with E-state index in [0.29, 0.717) is 0 Å². The third-order valence-corrected chi connectivity index (χ3v) is 11.8. The van der Waals surface area contributed by atoms with E-state index in [0.717, 1.165) is 0 Å². The molecule has 1 aliphatic carbocycles. The molecule has 10 rings (SSSR count). The first-order valence-corrected chi connectivity index (χ1v) is 18.1. The maximum Gasteiger partial charge on any atom is 0.0713 e. The summed E-state index contributed by atoms with van der Waals surface area (Å²) in [7, 11) is 0. The third-order valence-electron chi connectivity index (χ3n) is 10.6. The lowest BCUT2D eigenvalue weighted by Gasteiger charge is -2.34. The first-order chi connectivity index (χ1) is 24.8. The molecule has 0 atom stereocenters.